The monoisotopic (exact) mass is 294 g/mol. The zero-order valence-corrected chi connectivity index (χ0v) is 12.4. The van der Waals surface area contributed by atoms with Gasteiger partial charge in [-0.2, -0.15) is 0 Å². The fourth-order valence-electron chi connectivity index (χ4n) is 2.87. The van der Waals surface area contributed by atoms with Gasteiger partial charge in [0.1, 0.15) is 6.10 Å². The van der Waals surface area contributed by atoms with Gasteiger partial charge < -0.3 is 24.1 Å². The zero-order valence-electron chi connectivity index (χ0n) is 12.4. The maximum Gasteiger partial charge on any atom is 0.184 e. The second-order valence-corrected chi connectivity index (χ2v) is 6.02. The molecular formula is C16H22O5. The smallest absolute Gasteiger partial charge is 0.184 e. The number of benzene rings is 1. The van der Waals surface area contributed by atoms with Crippen molar-refractivity contribution in [2.45, 2.75) is 57.3 Å². The molecule has 116 valence electrons. The molecular weight excluding hydrogens is 272 g/mol. The summed E-state index contributed by atoms with van der Waals surface area (Å²) in [5.41, 5.74) is 1.12. The van der Waals surface area contributed by atoms with Crippen LogP contribution in [0.15, 0.2) is 30.3 Å². The van der Waals surface area contributed by atoms with E-state index < -0.39 is 18.2 Å². The Kier molecular flexibility index (Phi) is 4.28. The normalized spacial score (nSPS) is 34.6. The van der Waals surface area contributed by atoms with Crippen LogP contribution in [0.25, 0.3) is 0 Å². The standard InChI is InChI=1S/C16H22O5/c1-16(2)20-13-8-12(19-15(17)14(13)21-16)10-18-9-11-6-4-3-5-7-11/h3-7,12-15,17H,8-10H2,1-2H3. The minimum Gasteiger partial charge on any atom is -0.374 e. The van der Waals surface area contributed by atoms with Crippen LogP contribution in [0.4, 0.5) is 0 Å². The third-order valence-electron chi connectivity index (χ3n) is 3.74. The summed E-state index contributed by atoms with van der Waals surface area (Å²) in [7, 11) is 0. The van der Waals surface area contributed by atoms with Crippen molar-refractivity contribution in [2.75, 3.05) is 6.61 Å². The van der Waals surface area contributed by atoms with Crippen molar-refractivity contribution in [1.29, 1.82) is 0 Å². The van der Waals surface area contributed by atoms with Gasteiger partial charge in [-0.05, 0) is 19.4 Å². The van der Waals surface area contributed by atoms with E-state index in [1.807, 2.05) is 44.2 Å². The minimum atomic E-state index is -0.962. The molecule has 0 bridgehead atoms. The molecule has 2 aliphatic heterocycles. The third-order valence-corrected chi connectivity index (χ3v) is 3.74. The van der Waals surface area contributed by atoms with Gasteiger partial charge in [-0.1, -0.05) is 30.3 Å². The first-order valence-corrected chi connectivity index (χ1v) is 7.34. The number of rotatable bonds is 4. The maximum atomic E-state index is 10.0. The van der Waals surface area contributed by atoms with Crippen LogP contribution in [-0.2, 0) is 25.6 Å². The van der Waals surface area contributed by atoms with Crippen LogP contribution in [0, 0.1) is 0 Å². The van der Waals surface area contributed by atoms with E-state index in [9.17, 15) is 5.11 Å². The lowest BCUT2D eigenvalue weighted by Gasteiger charge is -2.33. The van der Waals surface area contributed by atoms with E-state index in [2.05, 4.69) is 0 Å². The Morgan fingerprint density at radius 3 is 2.76 bits per heavy atom. The van der Waals surface area contributed by atoms with E-state index >= 15 is 0 Å². The molecule has 3 rings (SSSR count). The van der Waals surface area contributed by atoms with Gasteiger partial charge in [-0.25, -0.2) is 0 Å². The van der Waals surface area contributed by atoms with E-state index in [1.54, 1.807) is 0 Å². The molecule has 5 heteroatoms. The molecule has 0 amide bonds. The molecule has 4 unspecified atom stereocenters. The van der Waals surface area contributed by atoms with Gasteiger partial charge in [0.05, 0.1) is 25.4 Å². The first-order valence-electron chi connectivity index (χ1n) is 7.34. The fourth-order valence-corrected chi connectivity index (χ4v) is 2.87. The van der Waals surface area contributed by atoms with Crippen LogP contribution in [0.2, 0.25) is 0 Å². The predicted molar refractivity (Wildman–Crippen MR) is 75.4 cm³/mol. The van der Waals surface area contributed by atoms with Crippen molar-refractivity contribution in [3.63, 3.8) is 0 Å². The van der Waals surface area contributed by atoms with Gasteiger partial charge in [-0.15, -0.1) is 0 Å². The second-order valence-electron chi connectivity index (χ2n) is 6.02. The minimum absolute atomic E-state index is 0.144. The van der Waals surface area contributed by atoms with E-state index in [-0.39, 0.29) is 12.2 Å². The van der Waals surface area contributed by atoms with Gasteiger partial charge >= 0.3 is 0 Å². The summed E-state index contributed by atoms with van der Waals surface area (Å²) in [5.74, 6) is -0.667. The van der Waals surface area contributed by atoms with Crippen molar-refractivity contribution < 1.29 is 24.1 Å². The summed E-state index contributed by atoms with van der Waals surface area (Å²) < 4.78 is 22.7. The van der Waals surface area contributed by atoms with Gasteiger partial charge in [0.2, 0.25) is 0 Å². The lowest BCUT2D eigenvalue weighted by Crippen LogP contribution is -2.47. The van der Waals surface area contributed by atoms with E-state index in [0.717, 1.165) is 5.56 Å². The summed E-state index contributed by atoms with van der Waals surface area (Å²) in [5, 5.41) is 10.0. The number of ether oxygens (including phenoxy) is 4. The first kappa shape index (κ1) is 14.9. The molecule has 4 atom stereocenters. The van der Waals surface area contributed by atoms with E-state index in [0.29, 0.717) is 19.6 Å². The molecule has 5 nitrogen and oxygen atoms in total. The Labute approximate surface area is 124 Å². The molecule has 0 aliphatic carbocycles. The summed E-state index contributed by atoms with van der Waals surface area (Å²) in [6, 6.07) is 9.97. The van der Waals surface area contributed by atoms with Crippen molar-refractivity contribution >= 4 is 0 Å². The van der Waals surface area contributed by atoms with Crippen LogP contribution < -0.4 is 0 Å². The summed E-state index contributed by atoms with van der Waals surface area (Å²) in [6.07, 6.45) is -1.03. The first-order chi connectivity index (χ1) is 10.0. The number of hydrogen-bond donors (Lipinski definition) is 1. The zero-order chi connectivity index (χ0) is 14.9. The van der Waals surface area contributed by atoms with Crippen molar-refractivity contribution in [1.82, 2.24) is 0 Å². The number of fused-ring (bicyclic) bond motifs is 1. The van der Waals surface area contributed by atoms with Crippen molar-refractivity contribution in [2.24, 2.45) is 0 Å². The Balaban J connectivity index is 1.49. The van der Waals surface area contributed by atoms with Crippen LogP contribution in [0.1, 0.15) is 25.8 Å². The van der Waals surface area contributed by atoms with Crippen molar-refractivity contribution in [3.8, 4) is 0 Å². The predicted octanol–water partition coefficient (Wildman–Crippen LogP) is 1.83. The Morgan fingerprint density at radius 1 is 1.24 bits per heavy atom. The topological polar surface area (TPSA) is 57.2 Å². The lowest BCUT2D eigenvalue weighted by molar-refractivity contribution is -0.237. The van der Waals surface area contributed by atoms with Crippen LogP contribution in [0.5, 0.6) is 0 Å². The summed E-state index contributed by atoms with van der Waals surface area (Å²) >= 11 is 0. The molecule has 2 heterocycles. The Morgan fingerprint density at radius 2 is 2.00 bits per heavy atom. The molecule has 2 aliphatic rings. The molecule has 1 N–H and O–H groups in total. The van der Waals surface area contributed by atoms with Gasteiger partial charge in [0, 0.05) is 6.42 Å². The molecule has 2 fully saturated rings. The molecule has 0 aromatic heterocycles. The summed E-state index contributed by atoms with van der Waals surface area (Å²) in [4.78, 5) is 0. The Bertz CT molecular complexity index is 461. The van der Waals surface area contributed by atoms with Crippen LogP contribution in [-0.4, -0.2) is 42.1 Å². The van der Waals surface area contributed by atoms with E-state index in [4.69, 9.17) is 18.9 Å². The largest absolute Gasteiger partial charge is 0.374 e. The highest BCUT2D eigenvalue weighted by Crippen LogP contribution is 2.36. The number of aliphatic hydroxyl groups excluding tert-OH is 1. The lowest BCUT2D eigenvalue weighted by atomic mass is 10.0. The molecule has 0 spiro atoms. The highest BCUT2D eigenvalue weighted by molar-refractivity contribution is 5.13. The molecule has 0 saturated carbocycles. The number of hydrogen-bond acceptors (Lipinski definition) is 5. The fraction of sp³-hybridized carbons (Fsp3) is 0.625. The summed E-state index contributed by atoms with van der Waals surface area (Å²) in [6.45, 7) is 4.66. The maximum absolute atomic E-state index is 10.0. The van der Waals surface area contributed by atoms with Crippen LogP contribution >= 0.6 is 0 Å². The molecule has 1 aromatic carbocycles. The number of aliphatic hydroxyl groups is 1. The van der Waals surface area contributed by atoms with Gasteiger partial charge in [0.15, 0.2) is 12.1 Å². The van der Waals surface area contributed by atoms with Crippen molar-refractivity contribution in [3.05, 3.63) is 35.9 Å². The third kappa shape index (κ3) is 3.62. The average Bonchev–Trinajstić information content (AvgIpc) is 2.75. The van der Waals surface area contributed by atoms with Gasteiger partial charge in [0.25, 0.3) is 0 Å². The Hall–Kier alpha value is -0.980. The highest BCUT2D eigenvalue weighted by Gasteiger charge is 2.49. The quantitative estimate of drug-likeness (QED) is 0.918. The molecule has 21 heavy (non-hydrogen) atoms. The average molecular weight is 294 g/mol. The molecule has 1 aromatic rings. The molecule has 2 saturated heterocycles. The van der Waals surface area contributed by atoms with Crippen LogP contribution in [0.3, 0.4) is 0 Å². The SMILES string of the molecule is CC1(C)OC2CC(COCc3ccccc3)OC(O)C2O1. The van der Waals surface area contributed by atoms with Gasteiger partial charge in [-0.3, -0.25) is 0 Å². The highest BCUT2D eigenvalue weighted by atomic mass is 16.8. The van der Waals surface area contributed by atoms with E-state index in [1.165, 1.54) is 0 Å². The second kappa shape index (κ2) is 6.02. The molecule has 0 radical (unpaired) electrons.